The van der Waals surface area contributed by atoms with Gasteiger partial charge in [0.05, 0.1) is 13.1 Å². The summed E-state index contributed by atoms with van der Waals surface area (Å²) in [5.74, 6) is -0.494. The zero-order valence-corrected chi connectivity index (χ0v) is 11.8. The average molecular weight is 304 g/mol. The van der Waals surface area contributed by atoms with Gasteiger partial charge in [-0.2, -0.15) is 0 Å². The van der Waals surface area contributed by atoms with Crippen LogP contribution in [0.5, 0.6) is 0 Å². The molecule has 1 aliphatic heterocycles. The van der Waals surface area contributed by atoms with Crippen LogP contribution < -0.4 is 16.0 Å². The zero-order chi connectivity index (χ0) is 13.1. The van der Waals surface area contributed by atoms with Gasteiger partial charge >= 0.3 is 0 Å². The molecule has 7 heteroatoms. The van der Waals surface area contributed by atoms with Gasteiger partial charge in [0, 0.05) is 17.3 Å². The molecule has 0 bridgehead atoms. The highest BCUT2D eigenvalue weighted by Crippen LogP contribution is 2.33. The van der Waals surface area contributed by atoms with Gasteiger partial charge in [0.15, 0.2) is 0 Å². The molecule has 0 atom stereocenters. The normalized spacial score (nSPS) is 12.6. The van der Waals surface area contributed by atoms with Crippen molar-refractivity contribution in [1.82, 2.24) is 5.32 Å². The topological polar surface area (TPSA) is 75.4 Å². The lowest BCUT2D eigenvalue weighted by Gasteiger charge is -2.17. The molecule has 1 aliphatic rings. The molecule has 0 aliphatic carbocycles. The molecule has 0 saturated heterocycles. The number of halogens is 2. The number of anilines is 1. The van der Waals surface area contributed by atoms with Gasteiger partial charge in [-0.05, 0) is 24.1 Å². The minimum Gasteiger partial charge on any atom is -0.346 e. The maximum Gasteiger partial charge on any atom is 0.246 e. The Bertz CT molecular complexity index is 494. The number of benzene rings is 1. The van der Waals surface area contributed by atoms with E-state index in [1.165, 1.54) is 0 Å². The summed E-state index contributed by atoms with van der Waals surface area (Å²) in [6, 6.07) is 5.48. The molecule has 0 unspecified atom stereocenters. The maximum atomic E-state index is 12.0. The molecular weight excluding hydrogens is 289 g/mol. The van der Waals surface area contributed by atoms with Gasteiger partial charge < -0.3 is 16.0 Å². The number of hydrogen-bond donors (Lipinski definition) is 2. The highest BCUT2D eigenvalue weighted by Gasteiger charge is 2.25. The summed E-state index contributed by atoms with van der Waals surface area (Å²) in [5, 5.41) is 3.14. The van der Waals surface area contributed by atoms with Crippen LogP contribution in [0.2, 0.25) is 5.02 Å². The van der Waals surface area contributed by atoms with E-state index in [0.717, 1.165) is 17.7 Å². The van der Waals surface area contributed by atoms with Crippen LogP contribution in [-0.2, 0) is 16.0 Å². The number of nitrogens with zero attached hydrogens (tertiary/aromatic N) is 1. The van der Waals surface area contributed by atoms with Gasteiger partial charge in [0.2, 0.25) is 11.8 Å². The summed E-state index contributed by atoms with van der Waals surface area (Å²) in [6.07, 6.45) is 0.742. The summed E-state index contributed by atoms with van der Waals surface area (Å²) in [4.78, 5) is 24.6. The molecule has 2 rings (SSSR count). The van der Waals surface area contributed by atoms with Crippen LogP contribution in [0, 0.1) is 0 Å². The first-order valence-electron chi connectivity index (χ1n) is 5.68. The number of carbonyl (C=O) groups excluding carboxylic acids is 2. The average Bonchev–Trinajstić information content (AvgIpc) is 2.81. The smallest absolute Gasteiger partial charge is 0.246 e. The van der Waals surface area contributed by atoms with Crippen LogP contribution in [0.25, 0.3) is 0 Å². The van der Waals surface area contributed by atoms with E-state index >= 15 is 0 Å². The molecule has 1 aromatic carbocycles. The van der Waals surface area contributed by atoms with E-state index in [4.69, 9.17) is 17.3 Å². The lowest BCUT2D eigenvalue weighted by atomic mass is 10.2. The van der Waals surface area contributed by atoms with Crippen LogP contribution in [0.15, 0.2) is 18.2 Å². The van der Waals surface area contributed by atoms with E-state index in [9.17, 15) is 9.59 Å². The third-order valence-electron chi connectivity index (χ3n) is 2.89. The highest BCUT2D eigenvalue weighted by atomic mass is 35.5. The Balaban J connectivity index is 0.00000180. The molecular formula is C12H15Cl2N3O2. The van der Waals surface area contributed by atoms with Crippen molar-refractivity contribution in [2.45, 2.75) is 6.42 Å². The van der Waals surface area contributed by atoms with Crippen molar-refractivity contribution in [3.05, 3.63) is 28.8 Å². The quantitative estimate of drug-likeness (QED) is 0.864. The number of nitrogens with two attached hydrogens (primary N) is 1. The fourth-order valence-corrected chi connectivity index (χ4v) is 2.26. The molecule has 2 amide bonds. The van der Waals surface area contributed by atoms with Crippen LogP contribution in [-0.4, -0.2) is 31.4 Å². The third-order valence-corrected chi connectivity index (χ3v) is 3.25. The minimum atomic E-state index is -0.339. The molecule has 104 valence electrons. The van der Waals surface area contributed by atoms with Gasteiger partial charge in [-0.3, -0.25) is 9.59 Å². The molecule has 0 aromatic heterocycles. The molecule has 0 spiro atoms. The second-order valence-electron chi connectivity index (χ2n) is 4.01. The molecule has 19 heavy (non-hydrogen) atoms. The van der Waals surface area contributed by atoms with Crippen LogP contribution >= 0.6 is 24.0 Å². The Kier molecular flexibility index (Phi) is 5.60. The standard InChI is InChI=1S/C12H14ClN3O2.ClH/c13-9-2-1-3-10-8(9)4-5-16(10)12(18)7-15-11(17)6-14;/h1-3H,4-7,14H2,(H,15,17);1H. The summed E-state index contributed by atoms with van der Waals surface area (Å²) in [7, 11) is 0. The molecule has 3 N–H and O–H groups in total. The second-order valence-corrected chi connectivity index (χ2v) is 4.42. The minimum absolute atomic E-state index is 0. The lowest BCUT2D eigenvalue weighted by Crippen LogP contribution is -2.41. The van der Waals surface area contributed by atoms with E-state index in [0.29, 0.717) is 11.6 Å². The Hall–Kier alpha value is -1.30. The SMILES string of the molecule is Cl.NCC(=O)NCC(=O)N1CCc2c(Cl)cccc21. The Morgan fingerprint density at radius 2 is 2.16 bits per heavy atom. The van der Waals surface area contributed by atoms with Crippen molar-refractivity contribution in [3.8, 4) is 0 Å². The van der Waals surface area contributed by atoms with Crippen molar-refractivity contribution in [1.29, 1.82) is 0 Å². The van der Waals surface area contributed by atoms with Crippen LogP contribution in [0.4, 0.5) is 5.69 Å². The number of amides is 2. The first-order chi connectivity index (χ1) is 8.63. The number of carbonyl (C=O) groups is 2. The van der Waals surface area contributed by atoms with Crippen LogP contribution in [0.1, 0.15) is 5.56 Å². The summed E-state index contributed by atoms with van der Waals surface area (Å²) in [5.41, 5.74) is 6.97. The van der Waals surface area contributed by atoms with E-state index in [1.807, 2.05) is 18.2 Å². The van der Waals surface area contributed by atoms with Gasteiger partial charge in [0.25, 0.3) is 0 Å². The second kappa shape index (κ2) is 6.75. The van der Waals surface area contributed by atoms with Crippen molar-refractivity contribution in [2.75, 3.05) is 24.5 Å². The van der Waals surface area contributed by atoms with E-state index in [1.54, 1.807) is 4.90 Å². The molecule has 0 saturated carbocycles. The Morgan fingerprint density at radius 1 is 1.42 bits per heavy atom. The fraction of sp³-hybridized carbons (Fsp3) is 0.333. The Morgan fingerprint density at radius 3 is 2.84 bits per heavy atom. The predicted molar refractivity (Wildman–Crippen MR) is 76.8 cm³/mol. The van der Waals surface area contributed by atoms with E-state index < -0.39 is 0 Å². The number of nitrogens with one attached hydrogen (secondary N) is 1. The lowest BCUT2D eigenvalue weighted by molar-refractivity contribution is -0.124. The van der Waals surface area contributed by atoms with Gasteiger partial charge in [0.1, 0.15) is 0 Å². The summed E-state index contributed by atoms with van der Waals surface area (Å²) in [6.45, 7) is 0.439. The molecule has 0 fully saturated rings. The number of fused-ring (bicyclic) bond motifs is 1. The molecule has 1 aromatic rings. The zero-order valence-electron chi connectivity index (χ0n) is 10.2. The van der Waals surface area contributed by atoms with E-state index in [-0.39, 0.29) is 37.3 Å². The van der Waals surface area contributed by atoms with Gasteiger partial charge in [-0.1, -0.05) is 17.7 Å². The number of rotatable bonds is 3. The first kappa shape index (κ1) is 15.8. The third kappa shape index (κ3) is 3.37. The summed E-state index contributed by atoms with van der Waals surface area (Å²) >= 11 is 6.07. The van der Waals surface area contributed by atoms with E-state index in [2.05, 4.69) is 5.32 Å². The monoisotopic (exact) mass is 303 g/mol. The predicted octanol–water partition coefficient (Wildman–Crippen LogP) is 0.726. The van der Waals surface area contributed by atoms with Gasteiger partial charge in [-0.25, -0.2) is 0 Å². The maximum absolute atomic E-state index is 12.0. The van der Waals surface area contributed by atoms with Crippen molar-refractivity contribution in [2.24, 2.45) is 5.73 Å². The largest absolute Gasteiger partial charge is 0.346 e. The highest BCUT2D eigenvalue weighted by molar-refractivity contribution is 6.32. The fourth-order valence-electron chi connectivity index (χ4n) is 1.99. The van der Waals surface area contributed by atoms with Gasteiger partial charge in [-0.15, -0.1) is 12.4 Å². The van der Waals surface area contributed by atoms with Crippen LogP contribution in [0.3, 0.4) is 0 Å². The van der Waals surface area contributed by atoms with Crippen molar-refractivity contribution >= 4 is 41.5 Å². The summed E-state index contributed by atoms with van der Waals surface area (Å²) < 4.78 is 0. The van der Waals surface area contributed by atoms with Crippen molar-refractivity contribution in [3.63, 3.8) is 0 Å². The van der Waals surface area contributed by atoms with Crippen molar-refractivity contribution < 1.29 is 9.59 Å². The molecule has 1 heterocycles. The molecule has 0 radical (unpaired) electrons. The molecule has 5 nitrogen and oxygen atoms in total. The first-order valence-corrected chi connectivity index (χ1v) is 6.06. The Labute approximate surface area is 122 Å². The number of hydrogen-bond acceptors (Lipinski definition) is 3.